The van der Waals surface area contributed by atoms with E-state index in [1.165, 1.54) is 5.56 Å². The van der Waals surface area contributed by atoms with Gasteiger partial charge >= 0.3 is 0 Å². The van der Waals surface area contributed by atoms with Crippen LogP contribution in [0.15, 0.2) is 35.4 Å². The third-order valence-electron chi connectivity index (χ3n) is 4.52. The molecule has 0 fully saturated rings. The van der Waals surface area contributed by atoms with Gasteiger partial charge in [0, 0.05) is 11.5 Å². The van der Waals surface area contributed by atoms with E-state index in [-0.39, 0.29) is 17.0 Å². The summed E-state index contributed by atoms with van der Waals surface area (Å²) in [4.78, 5) is 3.01. The van der Waals surface area contributed by atoms with Crippen molar-refractivity contribution in [2.45, 2.75) is 57.8 Å². The van der Waals surface area contributed by atoms with Crippen molar-refractivity contribution in [1.29, 1.82) is 0 Å². The van der Waals surface area contributed by atoms with Crippen molar-refractivity contribution < 1.29 is 4.43 Å². The van der Waals surface area contributed by atoms with Crippen molar-refractivity contribution in [3.63, 3.8) is 0 Å². The van der Waals surface area contributed by atoms with E-state index in [9.17, 15) is 0 Å². The van der Waals surface area contributed by atoms with E-state index in [0.717, 1.165) is 0 Å². The molecule has 21 heavy (non-hydrogen) atoms. The first kappa shape index (κ1) is 17.8. The molecule has 0 heterocycles. The molecule has 0 aliphatic carbocycles. The van der Waals surface area contributed by atoms with Gasteiger partial charge in [-0.1, -0.05) is 63.1 Å². The zero-order valence-corrected chi connectivity index (χ0v) is 15.0. The van der Waals surface area contributed by atoms with Crippen LogP contribution in [-0.2, 0) is 4.43 Å². The van der Waals surface area contributed by atoms with Crippen LogP contribution in [0.1, 0.15) is 39.2 Å². The number of hydrogen-bond acceptors (Lipinski definition) is 2. The monoisotopic (exact) mass is 305 g/mol. The van der Waals surface area contributed by atoms with Crippen molar-refractivity contribution in [2.75, 3.05) is 6.61 Å². The molecule has 0 aromatic heterocycles. The smallest absolute Gasteiger partial charge is 0.191 e. The van der Waals surface area contributed by atoms with Crippen molar-refractivity contribution in [2.24, 2.45) is 5.11 Å². The van der Waals surface area contributed by atoms with Gasteiger partial charge in [-0.05, 0) is 35.1 Å². The first-order valence-electron chi connectivity index (χ1n) is 7.42. The average molecular weight is 305 g/mol. The molecule has 0 bridgehead atoms. The molecule has 4 nitrogen and oxygen atoms in total. The molecule has 1 rings (SSSR count). The van der Waals surface area contributed by atoms with Gasteiger partial charge in [0.1, 0.15) is 0 Å². The molecule has 1 aromatic rings. The minimum Gasteiger partial charge on any atom is -0.416 e. The van der Waals surface area contributed by atoms with Gasteiger partial charge in [-0.3, -0.25) is 0 Å². The van der Waals surface area contributed by atoms with Gasteiger partial charge in [0.05, 0.1) is 6.04 Å². The molecule has 0 saturated heterocycles. The largest absolute Gasteiger partial charge is 0.416 e. The first-order valence-corrected chi connectivity index (χ1v) is 10.3. The van der Waals surface area contributed by atoms with Crippen LogP contribution in [0.3, 0.4) is 0 Å². The maximum Gasteiger partial charge on any atom is 0.191 e. The predicted octanol–water partition coefficient (Wildman–Crippen LogP) is 5.49. The van der Waals surface area contributed by atoms with Crippen LogP contribution in [0, 0.1) is 0 Å². The zero-order valence-electron chi connectivity index (χ0n) is 14.0. The molecule has 0 unspecified atom stereocenters. The van der Waals surface area contributed by atoms with Crippen LogP contribution in [-0.4, -0.2) is 21.0 Å². The predicted molar refractivity (Wildman–Crippen MR) is 90.9 cm³/mol. The molecule has 1 aromatic carbocycles. The lowest BCUT2D eigenvalue weighted by Crippen LogP contribution is -2.43. The minimum absolute atomic E-state index is 0.145. The Balaban J connectivity index is 2.82. The zero-order chi connectivity index (χ0) is 16.1. The second-order valence-electron chi connectivity index (χ2n) is 7.04. The summed E-state index contributed by atoms with van der Waals surface area (Å²) in [6, 6.07) is 9.96. The SMILES string of the molecule is C[C@H](c1ccccc1)[C@@H](CO[Si](C)(C)C(C)(C)C)N=[N+]=[N-]. The van der Waals surface area contributed by atoms with Crippen molar-refractivity contribution in [3.8, 4) is 0 Å². The normalized spacial score (nSPS) is 15.1. The number of azide groups is 1. The molecule has 0 N–H and O–H groups in total. The van der Waals surface area contributed by atoms with Crippen molar-refractivity contribution in [3.05, 3.63) is 46.3 Å². The van der Waals surface area contributed by atoms with Crippen LogP contribution >= 0.6 is 0 Å². The molecule has 0 aliphatic heterocycles. The van der Waals surface area contributed by atoms with Gasteiger partial charge in [0.25, 0.3) is 0 Å². The lowest BCUT2D eigenvalue weighted by atomic mass is 9.94. The summed E-state index contributed by atoms with van der Waals surface area (Å²) in [6.45, 7) is 13.6. The van der Waals surface area contributed by atoms with Gasteiger partial charge in [-0.15, -0.1) is 0 Å². The highest BCUT2D eigenvalue weighted by atomic mass is 28.4. The Kier molecular flexibility index (Phi) is 6.02. The van der Waals surface area contributed by atoms with Gasteiger partial charge in [0.2, 0.25) is 0 Å². The Hall–Kier alpha value is -1.29. The molecule has 0 spiro atoms. The molecular formula is C16H27N3OSi. The van der Waals surface area contributed by atoms with E-state index in [1.54, 1.807) is 0 Å². The fraction of sp³-hybridized carbons (Fsp3) is 0.625. The standard InChI is InChI=1S/C16H27N3OSi/c1-13(14-10-8-7-9-11-14)15(18-19-17)12-20-21(5,6)16(2,3)4/h7-11,13,15H,12H2,1-6H3/t13-,15-/m1/s1. The third kappa shape index (κ3) is 4.88. The minimum atomic E-state index is -1.83. The molecule has 5 heteroatoms. The molecule has 0 amide bonds. The van der Waals surface area contributed by atoms with Crippen LogP contribution in [0.4, 0.5) is 0 Å². The Morgan fingerprint density at radius 1 is 1.24 bits per heavy atom. The first-order chi connectivity index (χ1) is 9.69. The lowest BCUT2D eigenvalue weighted by Gasteiger charge is -2.37. The van der Waals surface area contributed by atoms with Gasteiger partial charge in [-0.25, -0.2) is 0 Å². The summed E-state index contributed by atoms with van der Waals surface area (Å²) in [5, 5.41) is 4.12. The maximum absolute atomic E-state index is 8.84. The molecule has 0 aliphatic rings. The summed E-state index contributed by atoms with van der Waals surface area (Å²) in [7, 11) is -1.83. The highest BCUT2D eigenvalue weighted by molar-refractivity contribution is 6.74. The number of rotatable bonds is 6. The summed E-state index contributed by atoms with van der Waals surface area (Å²) >= 11 is 0. The Bertz CT molecular complexity index is 490. The van der Waals surface area contributed by atoms with Crippen LogP contribution < -0.4 is 0 Å². The van der Waals surface area contributed by atoms with Gasteiger partial charge in [-0.2, -0.15) is 0 Å². The van der Waals surface area contributed by atoms with E-state index in [1.807, 2.05) is 18.2 Å². The van der Waals surface area contributed by atoms with Crippen LogP contribution in [0.2, 0.25) is 18.1 Å². The summed E-state index contributed by atoms with van der Waals surface area (Å²) in [5.74, 6) is 0.145. The molecular weight excluding hydrogens is 278 g/mol. The van der Waals surface area contributed by atoms with E-state index in [2.05, 4.69) is 62.9 Å². The summed E-state index contributed by atoms with van der Waals surface area (Å²) in [6.07, 6.45) is 0. The summed E-state index contributed by atoms with van der Waals surface area (Å²) in [5.41, 5.74) is 10.0. The molecule has 0 radical (unpaired) electrons. The molecule has 116 valence electrons. The quantitative estimate of drug-likeness (QED) is 0.296. The number of hydrogen-bond donors (Lipinski definition) is 0. The van der Waals surface area contributed by atoms with E-state index in [0.29, 0.717) is 6.61 Å². The number of benzene rings is 1. The van der Waals surface area contributed by atoms with Gasteiger partial charge < -0.3 is 4.43 Å². The van der Waals surface area contributed by atoms with E-state index in [4.69, 9.17) is 9.96 Å². The Morgan fingerprint density at radius 2 is 1.81 bits per heavy atom. The van der Waals surface area contributed by atoms with Crippen LogP contribution in [0.5, 0.6) is 0 Å². The molecule has 0 saturated carbocycles. The second kappa shape index (κ2) is 7.12. The Morgan fingerprint density at radius 3 is 2.29 bits per heavy atom. The van der Waals surface area contributed by atoms with E-state index < -0.39 is 8.32 Å². The van der Waals surface area contributed by atoms with Gasteiger partial charge in [0.15, 0.2) is 8.32 Å². The Labute approximate surface area is 129 Å². The highest BCUT2D eigenvalue weighted by Crippen LogP contribution is 2.37. The average Bonchev–Trinajstić information content (AvgIpc) is 2.42. The second-order valence-corrected chi connectivity index (χ2v) is 11.9. The third-order valence-corrected chi connectivity index (χ3v) is 9.02. The van der Waals surface area contributed by atoms with Crippen molar-refractivity contribution >= 4 is 8.32 Å². The lowest BCUT2D eigenvalue weighted by molar-refractivity contribution is 0.251. The van der Waals surface area contributed by atoms with E-state index >= 15 is 0 Å². The van der Waals surface area contributed by atoms with Crippen molar-refractivity contribution in [1.82, 2.24) is 0 Å². The maximum atomic E-state index is 8.84. The topological polar surface area (TPSA) is 58.0 Å². The molecule has 2 atom stereocenters. The fourth-order valence-corrected chi connectivity index (χ4v) is 2.85. The van der Waals surface area contributed by atoms with Crippen LogP contribution in [0.25, 0.3) is 10.4 Å². The highest BCUT2D eigenvalue weighted by Gasteiger charge is 2.37. The fourth-order valence-electron chi connectivity index (χ4n) is 1.83. The summed E-state index contributed by atoms with van der Waals surface area (Å²) < 4.78 is 6.23. The number of nitrogens with zero attached hydrogens (tertiary/aromatic N) is 3.